The summed E-state index contributed by atoms with van der Waals surface area (Å²) in [4.78, 5) is 15.9. The molecular formula is C12H21N5O. The Labute approximate surface area is 107 Å². The lowest BCUT2D eigenvalue weighted by atomic mass is 10.4. The normalized spacial score (nSPS) is 15.6. The van der Waals surface area contributed by atoms with E-state index in [1.165, 1.54) is 0 Å². The van der Waals surface area contributed by atoms with E-state index in [1.807, 2.05) is 16.8 Å². The fraction of sp³-hybridized carbons (Fsp3) is 0.667. The van der Waals surface area contributed by atoms with Crippen LogP contribution in [0.15, 0.2) is 12.4 Å². The van der Waals surface area contributed by atoms with Gasteiger partial charge in [-0.25, -0.2) is 0 Å². The summed E-state index contributed by atoms with van der Waals surface area (Å²) in [5.41, 5.74) is 6.26. The molecule has 0 unspecified atom stereocenters. The van der Waals surface area contributed by atoms with Gasteiger partial charge in [0.1, 0.15) is 0 Å². The lowest BCUT2D eigenvalue weighted by molar-refractivity contribution is -0.131. The SMILES string of the molecule is CN(CCn1cc(N)cn1)CC(=O)N1CCCC1. The molecule has 1 aliphatic rings. The van der Waals surface area contributed by atoms with Gasteiger partial charge in [-0.15, -0.1) is 0 Å². The third-order valence-electron chi connectivity index (χ3n) is 3.23. The van der Waals surface area contributed by atoms with E-state index in [4.69, 9.17) is 5.73 Å². The highest BCUT2D eigenvalue weighted by atomic mass is 16.2. The van der Waals surface area contributed by atoms with Crippen molar-refractivity contribution >= 4 is 11.6 Å². The molecule has 1 fully saturated rings. The van der Waals surface area contributed by atoms with Gasteiger partial charge < -0.3 is 10.6 Å². The minimum Gasteiger partial charge on any atom is -0.396 e. The first-order valence-corrected chi connectivity index (χ1v) is 6.39. The molecule has 6 nitrogen and oxygen atoms in total. The van der Waals surface area contributed by atoms with E-state index >= 15 is 0 Å². The number of amides is 1. The number of hydrogen-bond donors (Lipinski definition) is 1. The molecule has 0 atom stereocenters. The Balaban J connectivity index is 1.71. The van der Waals surface area contributed by atoms with E-state index in [2.05, 4.69) is 5.10 Å². The van der Waals surface area contributed by atoms with Crippen LogP contribution in [0.3, 0.4) is 0 Å². The molecule has 0 bridgehead atoms. The lowest BCUT2D eigenvalue weighted by Crippen LogP contribution is -2.38. The number of likely N-dealkylation sites (N-methyl/N-ethyl adjacent to an activating group) is 1. The summed E-state index contributed by atoms with van der Waals surface area (Å²) in [6.07, 6.45) is 5.72. The van der Waals surface area contributed by atoms with Crippen LogP contribution in [0.4, 0.5) is 5.69 Å². The minimum absolute atomic E-state index is 0.231. The summed E-state index contributed by atoms with van der Waals surface area (Å²) in [6, 6.07) is 0. The quantitative estimate of drug-likeness (QED) is 0.801. The highest BCUT2D eigenvalue weighted by molar-refractivity contribution is 5.78. The molecule has 1 saturated heterocycles. The number of hydrogen-bond acceptors (Lipinski definition) is 4. The van der Waals surface area contributed by atoms with Gasteiger partial charge in [-0.05, 0) is 19.9 Å². The molecular weight excluding hydrogens is 230 g/mol. The molecule has 2 rings (SSSR count). The van der Waals surface area contributed by atoms with E-state index < -0.39 is 0 Å². The molecule has 1 aromatic rings. The zero-order valence-electron chi connectivity index (χ0n) is 10.9. The van der Waals surface area contributed by atoms with Crippen LogP contribution in [0.25, 0.3) is 0 Å². The molecule has 2 heterocycles. The maximum Gasteiger partial charge on any atom is 0.236 e. The van der Waals surface area contributed by atoms with Gasteiger partial charge in [-0.2, -0.15) is 5.10 Å². The summed E-state index contributed by atoms with van der Waals surface area (Å²) >= 11 is 0. The summed E-state index contributed by atoms with van der Waals surface area (Å²) in [5.74, 6) is 0.231. The fourth-order valence-corrected chi connectivity index (χ4v) is 2.15. The molecule has 6 heteroatoms. The molecule has 0 spiro atoms. The van der Waals surface area contributed by atoms with Crippen molar-refractivity contribution < 1.29 is 4.79 Å². The smallest absolute Gasteiger partial charge is 0.236 e. The molecule has 1 aliphatic heterocycles. The number of likely N-dealkylation sites (tertiary alicyclic amines) is 1. The topological polar surface area (TPSA) is 67.4 Å². The van der Waals surface area contributed by atoms with Gasteiger partial charge >= 0.3 is 0 Å². The second kappa shape index (κ2) is 5.86. The van der Waals surface area contributed by atoms with Crippen LogP contribution >= 0.6 is 0 Å². The Morgan fingerprint density at radius 3 is 2.83 bits per heavy atom. The number of anilines is 1. The summed E-state index contributed by atoms with van der Waals surface area (Å²) in [7, 11) is 1.96. The minimum atomic E-state index is 0.231. The summed E-state index contributed by atoms with van der Waals surface area (Å²) < 4.78 is 1.80. The Hall–Kier alpha value is -1.56. The molecule has 18 heavy (non-hydrogen) atoms. The van der Waals surface area contributed by atoms with Crippen LogP contribution in [-0.4, -0.2) is 58.7 Å². The summed E-state index contributed by atoms with van der Waals surface area (Å²) in [6.45, 7) is 3.86. The molecule has 1 aromatic heterocycles. The molecule has 1 amide bonds. The number of aromatic nitrogens is 2. The van der Waals surface area contributed by atoms with Crippen LogP contribution < -0.4 is 5.73 Å². The van der Waals surface area contributed by atoms with Crippen molar-refractivity contribution in [2.45, 2.75) is 19.4 Å². The van der Waals surface area contributed by atoms with Gasteiger partial charge in [0.15, 0.2) is 0 Å². The van der Waals surface area contributed by atoms with Crippen molar-refractivity contribution in [2.75, 3.05) is 39.0 Å². The molecule has 100 valence electrons. The van der Waals surface area contributed by atoms with E-state index in [0.29, 0.717) is 12.2 Å². The Morgan fingerprint density at radius 1 is 1.50 bits per heavy atom. The van der Waals surface area contributed by atoms with Gasteiger partial charge in [0, 0.05) is 25.8 Å². The number of carbonyl (C=O) groups excluding carboxylic acids is 1. The predicted molar refractivity (Wildman–Crippen MR) is 70.0 cm³/mol. The average Bonchev–Trinajstić information content (AvgIpc) is 2.97. The van der Waals surface area contributed by atoms with Crippen molar-refractivity contribution in [3.8, 4) is 0 Å². The van der Waals surface area contributed by atoms with Crippen LogP contribution in [-0.2, 0) is 11.3 Å². The molecule has 0 aliphatic carbocycles. The number of nitrogens with zero attached hydrogens (tertiary/aromatic N) is 4. The second-order valence-electron chi connectivity index (χ2n) is 4.86. The third-order valence-corrected chi connectivity index (χ3v) is 3.23. The van der Waals surface area contributed by atoms with Crippen molar-refractivity contribution in [3.05, 3.63) is 12.4 Å². The van der Waals surface area contributed by atoms with Gasteiger partial charge in [0.25, 0.3) is 0 Å². The highest BCUT2D eigenvalue weighted by Gasteiger charge is 2.18. The van der Waals surface area contributed by atoms with Crippen molar-refractivity contribution in [1.82, 2.24) is 19.6 Å². The Bertz CT molecular complexity index is 397. The first-order valence-electron chi connectivity index (χ1n) is 6.39. The lowest BCUT2D eigenvalue weighted by Gasteiger charge is -2.21. The monoisotopic (exact) mass is 251 g/mol. The first kappa shape index (κ1) is 12.9. The maximum absolute atomic E-state index is 11.9. The van der Waals surface area contributed by atoms with E-state index in [-0.39, 0.29) is 5.91 Å². The summed E-state index contributed by atoms with van der Waals surface area (Å²) in [5, 5.41) is 4.11. The molecule has 2 N–H and O–H groups in total. The van der Waals surface area contributed by atoms with Crippen molar-refractivity contribution in [1.29, 1.82) is 0 Å². The Morgan fingerprint density at radius 2 is 2.22 bits per heavy atom. The third kappa shape index (κ3) is 3.46. The largest absolute Gasteiger partial charge is 0.396 e. The predicted octanol–water partition coefficient (Wildman–Crippen LogP) is 0.0195. The highest BCUT2D eigenvalue weighted by Crippen LogP contribution is 2.07. The Kier molecular flexibility index (Phi) is 4.19. The van der Waals surface area contributed by atoms with Crippen LogP contribution in [0.1, 0.15) is 12.8 Å². The van der Waals surface area contributed by atoms with Crippen LogP contribution in [0.2, 0.25) is 0 Å². The van der Waals surface area contributed by atoms with E-state index in [9.17, 15) is 4.79 Å². The van der Waals surface area contributed by atoms with Gasteiger partial charge in [0.05, 0.1) is 25.0 Å². The van der Waals surface area contributed by atoms with Crippen LogP contribution in [0.5, 0.6) is 0 Å². The van der Waals surface area contributed by atoms with Gasteiger partial charge in [-0.1, -0.05) is 0 Å². The average molecular weight is 251 g/mol. The van der Waals surface area contributed by atoms with Crippen molar-refractivity contribution in [2.24, 2.45) is 0 Å². The molecule has 0 aromatic carbocycles. The zero-order chi connectivity index (χ0) is 13.0. The van der Waals surface area contributed by atoms with E-state index in [0.717, 1.165) is 39.0 Å². The van der Waals surface area contributed by atoms with E-state index in [1.54, 1.807) is 17.1 Å². The number of nitrogen functional groups attached to an aromatic ring is 1. The van der Waals surface area contributed by atoms with Crippen molar-refractivity contribution in [3.63, 3.8) is 0 Å². The molecule has 0 radical (unpaired) electrons. The number of rotatable bonds is 5. The second-order valence-corrected chi connectivity index (χ2v) is 4.86. The standard InChI is InChI=1S/C12H21N5O/c1-15(6-7-17-9-11(13)8-14-17)10-12(18)16-4-2-3-5-16/h8-9H,2-7,10,13H2,1H3. The zero-order valence-corrected chi connectivity index (χ0v) is 10.9. The van der Waals surface area contributed by atoms with Crippen LogP contribution in [0, 0.1) is 0 Å². The number of nitrogens with two attached hydrogens (primary N) is 1. The first-order chi connectivity index (χ1) is 8.65. The fourth-order valence-electron chi connectivity index (χ4n) is 2.15. The number of carbonyl (C=O) groups is 1. The maximum atomic E-state index is 11.9. The van der Waals surface area contributed by atoms with Gasteiger partial charge in [0.2, 0.25) is 5.91 Å². The molecule has 0 saturated carbocycles. The van der Waals surface area contributed by atoms with Gasteiger partial charge in [-0.3, -0.25) is 14.4 Å².